The van der Waals surface area contributed by atoms with Crippen LogP contribution in [-0.2, 0) is 10.8 Å². The van der Waals surface area contributed by atoms with Crippen LogP contribution in [0.4, 0.5) is 0 Å². The number of hydrogen-bond donors (Lipinski definition) is 0. The Kier molecular flexibility index (Phi) is 7.32. The minimum absolute atomic E-state index is 0.411. The lowest BCUT2D eigenvalue weighted by molar-refractivity contribution is 0.595. The van der Waals surface area contributed by atoms with Crippen LogP contribution in [0.5, 0.6) is 0 Å². The molecule has 6 aromatic carbocycles. The van der Waals surface area contributed by atoms with Crippen LogP contribution in [0.15, 0.2) is 200 Å². The Morgan fingerprint density at radius 1 is 0.540 bits per heavy atom. The normalized spacial score (nSPS) is 20.0. The van der Waals surface area contributed by atoms with Crippen LogP contribution in [0.25, 0.3) is 22.8 Å². The van der Waals surface area contributed by atoms with Crippen LogP contribution in [-0.4, -0.2) is 0 Å². The van der Waals surface area contributed by atoms with E-state index in [2.05, 4.69) is 195 Å². The first-order chi connectivity index (χ1) is 24.7. The molecule has 0 heterocycles. The van der Waals surface area contributed by atoms with Gasteiger partial charge in [0.05, 0.1) is 10.8 Å². The van der Waals surface area contributed by atoms with E-state index in [1.165, 1.54) is 61.2 Å². The minimum atomic E-state index is -0.469. The SMILES string of the molecule is C=C(/C=C\C=C/c1ccc2c(c1)C1(c3ccccc3-2)c2ccccc2C(C2=CC=CCC2)(c2ccccc2)c2ccccc21)c1ccccc1. The summed E-state index contributed by atoms with van der Waals surface area (Å²) in [5.41, 5.74) is 16.0. The van der Waals surface area contributed by atoms with Crippen molar-refractivity contribution in [2.75, 3.05) is 0 Å². The third-order valence-electron chi connectivity index (χ3n) is 11.1. The molecule has 0 fully saturated rings. The van der Waals surface area contributed by atoms with E-state index in [4.69, 9.17) is 0 Å². The van der Waals surface area contributed by atoms with Gasteiger partial charge in [0.15, 0.2) is 0 Å². The zero-order valence-corrected chi connectivity index (χ0v) is 28.1. The zero-order chi connectivity index (χ0) is 33.5. The summed E-state index contributed by atoms with van der Waals surface area (Å²) >= 11 is 0. The van der Waals surface area contributed by atoms with Gasteiger partial charge >= 0.3 is 0 Å². The van der Waals surface area contributed by atoms with Crippen molar-refractivity contribution in [1.29, 1.82) is 0 Å². The number of allylic oxidation sites excluding steroid dienone is 8. The van der Waals surface area contributed by atoms with Crippen LogP contribution < -0.4 is 0 Å². The van der Waals surface area contributed by atoms with Gasteiger partial charge in [-0.15, -0.1) is 0 Å². The van der Waals surface area contributed by atoms with Gasteiger partial charge in [0, 0.05) is 0 Å². The van der Waals surface area contributed by atoms with Gasteiger partial charge in [-0.05, 0) is 85.7 Å². The molecule has 0 aliphatic heterocycles. The molecule has 0 saturated heterocycles. The molecule has 0 nitrogen and oxygen atoms in total. The van der Waals surface area contributed by atoms with E-state index in [-0.39, 0.29) is 0 Å². The van der Waals surface area contributed by atoms with Gasteiger partial charge in [0.2, 0.25) is 0 Å². The average molecular weight is 639 g/mol. The molecule has 0 unspecified atom stereocenters. The Morgan fingerprint density at radius 2 is 1.12 bits per heavy atom. The molecular weight excluding hydrogens is 601 g/mol. The van der Waals surface area contributed by atoms with E-state index in [9.17, 15) is 0 Å². The van der Waals surface area contributed by atoms with Gasteiger partial charge < -0.3 is 0 Å². The van der Waals surface area contributed by atoms with E-state index in [0.717, 1.165) is 24.0 Å². The average Bonchev–Trinajstić information content (AvgIpc) is 3.48. The maximum absolute atomic E-state index is 4.28. The molecule has 0 atom stereocenters. The molecule has 238 valence electrons. The van der Waals surface area contributed by atoms with Crippen molar-refractivity contribution < 1.29 is 0 Å². The van der Waals surface area contributed by atoms with Gasteiger partial charge in [-0.1, -0.05) is 200 Å². The third-order valence-corrected chi connectivity index (χ3v) is 11.1. The van der Waals surface area contributed by atoms with Crippen molar-refractivity contribution >= 4 is 11.6 Å². The van der Waals surface area contributed by atoms with E-state index >= 15 is 0 Å². The standard InChI is InChI=1S/C50H38/c1-36(38-21-5-2-6-22-38)19-11-12-20-37-33-34-42-41-27-13-14-28-43(41)50(48(42)35-37)46-31-17-15-29-44(46)49(39-23-7-3-8-24-39,40-25-9-4-10-26-40)45-30-16-18-32-47(45)50/h2-9,11-25,27-35H,1,10,26H2/b19-11-,20-12-. The van der Waals surface area contributed by atoms with Gasteiger partial charge in [0.25, 0.3) is 0 Å². The van der Waals surface area contributed by atoms with Crippen LogP contribution >= 0.6 is 0 Å². The largest absolute Gasteiger partial charge is 0.0912 e. The number of rotatable bonds is 6. The fourth-order valence-corrected chi connectivity index (χ4v) is 9.08. The molecule has 0 bridgehead atoms. The number of benzene rings is 6. The highest BCUT2D eigenvalue weighted by Crippen LogP contribution is 2.65. The van der Waals surface area contributed by atoms with E-state index in [1.807, 2.05) is 6.07 Å². The Morgan fingerprint density at radius 3 is 1.78 bits per heavy atom. The maximum atomic E-state index is 4.28. The van der Waals surface area contributed by atoms with Gasteiger partial charge in [0.1, 0.15) is 0 Å². The molecule has 1 spiro atoms. The molecule has 3 aliphatic rings. The first kappa shape index (κ1) is 30.1. The molecule has 3 aliphatic carbocycles. The summed E-state index contributed by atoms with van der Waals surface area (Å²) in [6.45, 7) is 4.28. The summed E-state index contributed by atoms with van der Waals surface area (Å²) in [6, 6.07) is 56.3. The molecule has 0 radical (unpaired) electrons. The summed E-state index contributed by atoms with van der Waals surface area (Å²) in [7, 11) is 0. The minimum Gasteiger partial charge on any atom is -0.0912 e. The Labute approximate surface area is 295 Å². The highest BCUT2D eigenvalue weighted by atomic mass is 14.6. The van der Waals surface area contributed by atoms with Crippen molar-refractivity contribution in [2.45, 2.75) is 23.7 Å². The monoisotopic (exact) mass is 638 g/mol. The van der Waals surface area contributed by atoms with Crippen LogP contribution in [0.1, 0.15) is 62.9 Å². The van der Waals surface area contributed by atoms with Crippen LogP contribution in [0, 0.1) is 0 Å². The smallest absolute Gasteiger partial charge is 0.0720 e. The maximum Gasteiger partial charge on any atom is 0.0720 e. The summed E-state index contributed by atoms with van der Waals surface area (Å²) in [4.78, 5) is 0. The Balaban J connectivity index is 1.29. The molecular formula is C50H38. The second-order valence-electron chi connectivity index (χ2n) is 13.6. The summed E-state index contributed by atoms with van der Waals surface area (Å²) in [5, 5.41) is 0. The first-order valence-corrected chi connectivity index (χ1v) is 17.7. The molecule has 9 rings (SSSR count). The lowest BCUT2D eigenvalue weighted by atomic mass is 9.50. The Bertz CT molecular complexity index is 2330. The highest BCUT2D eigenvalue weighted by Gasteiger charge is 2.56. The predicted molar refractivity (Wildman–Crippen MR) is 210 cm³/mol. The molecule has 0 saturated carbocycles. The van der Waals surface area contributed by atoms with Crippen molar-refractivity contribution in [2.24, 2.45) is 0 Å². The topological polar surface area (TPSA) is 0 Å². The lowest BCUT2D eigenvalue weighted by Crippen LogP contribution is -2.45. The third kappa shape index (κ3) is 4.38. The van der Waals surface area contributed by atoms with Crippen molar-refractivity contribution in [3.63, 3.8) is 0 Å². The molecule has 50 heavy (non-hydrogen) atoms. The van der Waals surface area contributed by atoms with Crippen LogP contribution in [0.2, 0.25) is 0 Å². The quantitative estimate of drug-likeness (QED) is 0.159. The highest BCUT2D eigenvalue weighted by molar-refractivity contribution is 5.90. The molecule has 0 amide bonds. The fraction of sp³-hybridized carbons (Fsp3) is 0.0800. The predicted octanol–water partition coefficient (Wildman–Crippen LogP) is 12.3. The summed E-state index contributed by atoms with van der Waals surface area (Å²) < 4.78 is 0. The van der Waals surface area contributed by atoms with Crippen LogP contribution in [0.3, 0.4) is 0 Å². The fourth-order valence-electron chi connectivity index (χ4n) is 9.08. The summed E-state index contributed by atoms with van der Waals surface area (Å²) in [6.07, 6.45) is 17.6. The van der Waals surface area contributed by atoms with E-state index in [0.29, 0.717) is 0 Å². The molecule has 0 N–H and O–H groups in total. The van der Waals surface area contributed by atoms with Gasteiger partial charge in [-0.25, -0.2) is 0 Å². The van der Waals surface area contributed by atoms with Crippen molar-refractivity contribution in [1.82, 2.24) is 0 Å². The lowest BCUT2D eigenvalue weighted by Gasteiger charge is -2.51. The second-order valence-corrected chi connectivity index (χ2v) is 13.6. The van der Waals surface area contributed by atoms with E-state index in [1.54, 1.807) is 0 Å². The van der Waals surface area contributed by atoms with Crippen molar-refractivity contribution in [3.8, 4) is 11.1 Å². The number of hydrogen-bond acceptors (Lipinski definition) is 0. The number of fused-ring (bicyclic) bond motifs is 9. The molecule has 0 aromatic heterocycles. The van der Waals surface area contributed by atoms with Gasteiger partial charge in [-0.2, -0.15) is 0 Å². The Hall–Kier alpha value is -5.98. The first-order valence-electron chi connectivity index (χ1n) is 17.7. The van der Waals surface area contributed by atoms with E-state index < -0.39 is 10.8 Å². The van der Waals surface area contributed by atoms with Crippen molar-refractivity contribution in [3.05, 3.63) is 250 Å². The molecule has 0 heteroatoms. The zero-order valence-electron chi connectivity index (χ0n) is 28.1. The van der Waals surface area contributed by atoms with Gasteiger partial charge in [-0.3, -0.25) is 0 Å². The second kappa shape index (κ2) is 12.2. The summed E-state index contributed by atoms with van der Waals surface area (Å²) in [5.74, 6) is 0. The molecule has 6 aromatic rings.